The van der Waals surface area contributed by atoms with E-state index in [9.17, 15) is 19.5 Å². The summed E-state index contributed by atoms with van der Waals surface area (Å²) < 4.78 is 13.6. The minimum Gasteiger partial charge on any atom is -0.493 e. The third kappa shape index (κ3) is 5.98. The van der Waals surface area contributed by atoms with Crippen LogP contribution in [-0.4, -0.2) is 41.8 Å². The van der Waals surface area contributed by atoms with Gasteiger partial charge in [-0.15, -0.1) is 0 Å². The number of carbonyl (C=O) groups excluding carboxylic acids is 1. The van der Waals surface area contributed by atoms with Crippen molar-refractivity contribution < 1.29 is 24.2 Å². The Kier molecular flexibility index (Phi) is 8.73. The fourth-order valence-corrected chi connectivity index (χ4v) is 4.44. The number of nitrogens with zero attached hydrogens (tertiary/aromatic N) is 1. The topological polar surface area (TPSA) is 107 Å². The molecule has 0 bridgehead atoms. The highest BCUT2D eigenvalue weighted by molar-refractivity contribution is 5.87. The van der Waals surface area contributed by atoms with Gasteiger partial charge in [0.05, 0.1) is 19.4 Å². The van der Waals surface area contributed by atoms with E-state index in [0.717, 1.165) is 56.1 Å². The Bertz CT molecular complexity index is 1090. The summed E-state index contributed by atoms with van der Waals surface area (Å²) >= 11 is 0. The normalized spacial score (nSPS) is 14.5. The molecule has 8 heteroatoms. The lowest BCUT2D eigenvalue weighted by atomic mass is 9.99. The van der Waals surface area contributed by atoms with Gasteiger partial charge in [0, 0.05) is 37.3 Å². The first kappa shape index (κ1) is 25.3. The maximum atomic E-state index is 12.5. The average Bonchev–Trinajstić information content (AvgIpc) is 2.95. The molecule has 1 aliphatic rings. The van der Waals surface area contributed by atoms with Crippen molar-refractivity contribution >= 4 is 11.9 Å². The number of hydrogen-bond acceptors (Lipinski definition) is 5. The molecule has 0 spiro atoms. The fourth-order valence-electron chi connectivity index (χ4n) is 4.44. The van der Waals surface area contributed by atoms with Crippen molar-refractivity contribution in [3.8, 4) is 22.8 Å². The number of aromatic carboxylic acids is 1. The molecule has 3 rings (SSSR count). The molecule has 1 aromatic carbocycles. The SMILES string of the molecule is CCC1CCc2cc(OCCCCCCNC(C)=O)c(OC)cc2-c2cc(=O)c(C(=O)O)cn21. The largest absolute Gasteiger partial charge is 0.493 e. The van der Waals surface area contributed by atoms with Gasteiger partial charge >= 0.3 is 5.97 Å². The number of aryl methyl sites for hydroxylation is 1. The molecule has 2 heterocycles. The van der Waals surface area contributed by atoms with Crippen molar-refractivity contribution in [2.24, 2.45) is 0 Å². The van der Waals surface area contributed by atoms with Crippen LogP contribution in [0.25, 0.3) is 11.3 Å². The van der Waals surface area contributed by atoms with E-state index >= 15 is 0 Å². The third-order valence-electron chi connectivity index (χ3n) is 6.29. The third-order valence-corrected chi connectivity index (χ3v) is 6.29. The molecule has 1 atom stereocenters. The summed E-state index contributed by atoms with van der Waals surface area (Å²) in [5.41, 5.74) is 1.91. The van der Waals surface area contributed by atoms with Crippen molar-refractivity contribution in [1.82, 2.24) is 9.88 Å². The lowest BCUT2D eigenvalue weighted by molar-refractivity contribution is -0.118. The van der Waals surface area contributed by atoms with Crippen LogP contribution in [0.5, 0.6) is 11.5 Å². The number of benzene rings is 1. The number of pyridine rings is 1. The lowest BCUT2D eigenvalue weighted by Gasteiger charge is -2.21. The predicted molar refractivity (Wildman–Crippen MR) is 130 cm³/mol. The van der Waals surface area contributed by atoms with Gasteiger partial charge in [-0.3, -0.25) is 9.59 Å². The van der Waals surface area contributed by atoms with Crippen LogP contribution < -0.4 is 20.2 Å². The Labute approximate surface area is 199 Å². The van der Waals surface area contributed by atoms with Crippen molar-refractivity contribution in [3.05, 3.63) is 45.7 Å². The quantitative estimate of drug-likeness (QED) is 0.477. The number of rotatable bonds is 11. The Hall–Kier alpha value is -3.29. The van der Waals surface area contributed by atoms with Gasteiger partial charge in [0.15, 0.2) is 16.9 Å². The summed E-state index contributed by atoms with van der Waals surface area (Å²) in [5.74, 6) is 0.0425. The molecule has 0 aliphatic carbocycles. The molecular formula is C26H34N2O6. The van der Waals surface area contributed by atoms with Gasteiger partial charge in [0.1, 0.15) is 5.56 Å². The number of fused-ring (bicyclic) bond motifs is 3. The second-order valence-corrected chi connectivity index (χ2v) is 8.66. The van der Waals surface area contributed by atoms with Crippen LogP contribution >= 0.6 is 0 Å². The highest BCUT2D eigenvalue weighted by Gasteiger charge is 2.25. The molecule has 1 aliphatic heterocycles. The Morgan fingerprint density at radius 2 is 1.91 bits per heavy atom. The van der Waals surface area contributed by atoms with Gasteiger partial charge in [0.2, 0.25) is 5.91 Å². The zero-order valence-corrected chi connectivity index (χ0v) is 20.2. The average molecular weight is 471 g/mol. The van der Waals surface area contributed by atoms with Crippen molar-refractivity contribution in [2.45, 2.75) is 64.8 Å². The van der Waals surface area contributed by atoms with Crippen LogP contribution in [0.3, 0.4) is 0 Å². The van der Waals surface area contributed by atoms with Crippen LogP contribution in [0.1, 0.15) is 74.3 Å². The van der Waals surface area contributed by atoms with Crippen LogP contribution in [0.4, 0.5) is 0 Å². The van der Waals surface area contributed by atoms with Gasteiger partial charge < -0.3 is 24.5 Å². The Morgan fingerprint density at radius 3 is 2.59 bits per heavy atom. The number of carboxylic acid groups (broad SMARTS) is 1. The minimum atomic E-state index is -1.21. The first-order valence-corrected chi connectivity index (χ1v) is 11.9. The standard InChI is InChI=1S/C26H34N2O6/c1-4-19-10-9-18-13-25(34-12-8-6-5-7-11-27-17(2)29)24(33-3)14-20(18)22-15-23(30)21(26(31)32)16-28(19)22/h13-16,19H,4-12H2,1-3H3,(H,27,29)(H,31,32). The molecule has 1 amide bonds. The van der Waals surface area contributed by atoms with Gasteiger partial charge in [-0.2, -0.15) is 0 Å². The van der Waals surface area contributed by atoms with Crippen molar-refractivity contribution in [3.63, 3.8) is 0 Å². The number of amides is 1. The van der Waals surface area contributed by atoms with E-state index in [1.807, 2.05) is 16.7 Å². The van der Waals surface area contributed by atoms with E-state index in [1.165, 1.54) is 19.2 Å². The molecule has 1 unspecified atom stereocenters. The maximum absolute atomic E-state index is 12.5. The van der Waals surface area contributed by atoms with Crippen molar-refractivity contribution in [1.29, 1.82) is 0 Å². The van der Waals surface area contributed by atoms with E-state index < -0.39 is 11.4 Å². The zero-order valence-electron chi connectivity index (χ0n) is 20.2. The number of aromatic nitrogens is 1. The van der Waals surface area contributed by atoms with E-state index in [-0.39, 0.29) is 17.5 Å². The molecular weight excluding hydrogens is 436 g/mol. The number of carbonyl (C=O) groups is 2. The lowest BCUT2D eigenvalue weighted by Crippen LogP contribution is -2.20. The first-order valence-electron chi connectivity index (χ1n) is 11.9. The van der Waals surface area contributed by atoms with Gasteiger partial charge in [0.25, 0.3) is 0 Å². The highest BCUT2D eigenvalue weighted by Crippen LogP contribution is 2.40. The molecule has 34 heavy (non-hydrogen) atoms. The Morgan fingerprint density at radius 1 is 1.15 bits per heavy atom. The summed E-state index contributed by atoms with van der Waals surface area (Å²) in [7, 11) is 1.59. The van der Waals surface area contributed by atoms with Gasteiger partial charge in [-0.05, 0) is 49.8 Å². The first-order chi connectivity index (χ1) is 16.3. The number of nitrogens with one attached hydrogen (secondary N) is 1. The van der Waals surface area contributed by atoms with Crippen LogP contribution in [0, 0.1) is 0 Å². The summed E-state index contributed by atoms with van der Waals surface area (Å²) in [4.78, 5) is 34.9. The number of carboxylic acids is 1. The predicted octanol–water partition coefficient (Wildman–Crippen LogP) is 4.19. The summed E-state index contributed by atoms with van der Waals surface area (Å²) in [6.45, 7) is 4.85. The highest BCUT2D eigenvalue weighted by atomic mass is 16.5. The van der Waals surface area contributed by atoms with Crippen LogP contribution in [0.15, 0.2) is 29.2 Å². The smallest absolute Gasteiger partial charge is 0.341 e. The molecule has 1 aromatic heterocycles. The summed E-state index contributed by atoms with van der Waals surface area (Å²) in [5, 5.41) is 12.2. The molecule has 8 nitrogen and oxygen atoms in total. The van der Waals surface area contributed by atoms with Gasteiger partial charge in [-0.25, -0.2) is 4.79 Å². The fraction of sp³-hybridized carbons (Fsp3) is 0.500. The number of methoxy groups -OCH3 is 1. The number of unbranched alkanes of at least 4 members (excludes halogenated alkanes) is 3. The maximum Gasteiger partial charge on any atom is 0.341 e. The molecule has 0 saturated carbocycles. The minimum absolute atomic E-state index is 0.00118. The molecule has 0 fully saturated rings. The molecule has 0 radical (unpaired) electrons. The van der Waals surface area contributed by atoms with E-state index in [4.69, 9.17) is 9.47 Å². The second-order valence-electron chi connectivity index (χ2n) is 8.66. The molecule has 184 valence electrons. The molecule has 2 aromatic rings. The molecule has 2 N–H and O–H groups in total. The number of ether oxygens (including phenoxy) is 2. The summed E-state index contributed by atoms with van der Waals surface area (Å²) in [6, 6.07) is 5.40. The Balaban J connectivity index is 1.79. The van der Waals surface area contributed by atoms with E-state index in [2.05, 4.69) is 12.2 Å². The van der Waals surface area contributed by atoms with Crippen LogP contribution in [-0.2, 0) is 11.2 Å². The summed E-state index contributed by atoms with van der Waals surface area (Å²) in [6.07, 6.45) is 7.79. The zero-order chi connectivity index (χ0) is 24.7. The van der Waals surface area contributed by atoms with Gasteiger partial charge in [-0.1, -0.05) is 19.8 Å². The van der Waals surface area contributed by atoms with E-state index in [0.29, 0.717) is 30.3 Å². The molecule has 0 saturated heterocycles. The monoisotopic (exact) mass is 470 g/mol. The number of hydrogen-bond donors (Lipinski definition) is 2. The van der Waals surface area contributed by atoms with Crippen LogP contribution in [0.2, 0.25) is 0 Å². The van der Waals surface area contributed by atoms with Crippen molar-refractivity contribution in [2.75, 3.05) is 20.3 Å². The second kappa shape index (κ2) is 11.7. The van der Waals surface area contributed by atoms with E-state index in [1.54, 1.807) is 7.11 Å².